The Balaban J connectivity index is 1.84. The number of carbonyl (C=O) groups is 1. The van der Waals surface area contributed by atoms with Crippen LogP contribution in [0.4, 0.5) is 11.4 Å². The van der Waals surface area contributed by atoms with Crippen molar-refractivity contribution in [3.8, 4) is 0 Å². The van der Waals surface area contributed by atoms with Crippen LogP contribution in [0.2, 0.25) is 10.0 Å². The summed E-state index contributed by atoms with van der Waals surface area (Å²) < 4.78 is 5.10. The van der Waals surface area contributed by atoms with Gasteiger partial charge in [-0.2, -0.15) is 0 Å². The Labute approximate surface area is 160 Å². The van der Waals surface area contributed by atoms with Crippen LogP contribution in [-0.4, -0.2) is 11.1 Å². The van der Waals surface area contributed by atoms with Crippen LogP contribution < -0.4 is 10.6 Å². The topological polar surface area (TPSA) is 67.2 Å². The predicted octanol–water partition coefficient (Wildman–Crippen LogP) is 5.38. The minimum absolute atomic E-state index is 0.326. The smallest absolute Gasteiger partial charge is 0.259 e. The Bertz CT molecular complexity index is 932. The maximum Gasteiger partial charge on any atom is 0.259 e. The largest absolute Gasteiger partial charge is 0.361 e. The molecule has 3 rings (SSSR count). The maximum absolute atomic E-state index is 12.7. The van der Waals surface area contributed by atoms with Crippen molar-refractivity contribution < 1.29 is 9.32 Å². The third-order valence-electron chi connectivity index (χ3n) is 3.48. The van der Waals surface area contributed by atoms with Crippen LogP contribution >= 0.6 is 23.2 Å². The van der Waals surface area contributed by atoms with E-state index in [1.807, 2.05) is 12.1 Å². The molecule has 2 aromatic carbocycles. The molecular formula is C19H15Cl2N3O2. The van der Waals surface area contributed by atoms with Crippen molar-refractivity contribution in [3.63, 3.8) is 0 Å². The van der Waals surface area contributed by atoms with Gasteiger partial charge in [0.2, 0.25) is 0 Å². The van der Waals surface area contributed by atoms with Gasteiger partial charge < -0.3 is 15.2 Å². The molecule has 26 heavy (non-hydrogen) atoms. The summed E-state index contributed by atoms with van der Waals surface area (Å²) in [4.78, 5) is 12.7. The summed E-state index contributed by atoms with van der Waals surface area (Å²) in [6.07, 6.45) is 1.58. The Hall–Kier alpha value is -2.76. The summed E-state index contributed by atoms with van der Waals surface area (Å²) in [6, 6.07) is 15.7. The number of hydrogen-bond donors (Lipinski definition) is 2. The molecule has 0 unspecified atom stereocenters. The average Bonchev–Trinajstić information content (AvgIpc) is 3.05. The number of nitrogens with one attached hydrogen (secondary N) is 2. The number of rotatable bonds is 5. The molecule has 7 heteroatoms. The molecule has 0 aliphatic heterocycles. The fourth-order valence-electron chi connectivity index (χ4n) is 2.18. The molecule has 0 fully saturated rings. The van der Waals surface area contributed by atoms with E-state index >= 15 is 0 Å². The highest BCUT2D eigenvalue weighted by Crippen LogP contribution is 2.20. The second-order valence-corrected chi connectivity index (χ2v) is 6.37. The summed E-state index contributed by atoms with van der Waals surface area (Å²) in [7, 11) is 0. The lowest BCUT2D eigenvalue weighted by molar-refractivity contribution is -0.111. The van der Waals surface area contributed by atoms with Gasteiger partial charge in [0, 0.05) is 33.7 Å². The summed E-state index contributed by atoms with van der Waals surface area (Å²) in [5, 5.41) is 11.0. The maximum atomic E-state index is 12.7. The Morgan fingerprint density at radius 3 is 2.12 bits per heavy atom. The van der Waals surface area contributed by atoms with Gasteiger partial charge >= 0.3 is 0 Å². The molecule has 0 saturated carbocycles. The highest BCUT2D eigenvalue weighted by atomic mass is 35.5. The number of aryl methyl sites for hydroxylation is 1. The van der Waals surface area contributed by atoms with Gasteiger partial charge in [-0.3, -0.25) is 4.79 Å². The van der Waals surface area contributed by atoms with E-state index in [0.717, 1.165) is 5.69 Å². The molecule has 0 aliphatic carbocycles. The van der Waals surface area contributed by atoms with Crippen LogP contribution in [0.25, 0.3) is 5.57 Å². The number of nitrogens with zero attached hydrogens (tertiary/aromatic N) is 1. The predicted molar refractivity (Wildman–Crippen MR) is 104 cm³/mol. The zero-order chi connectivity index (χ0) is 18.5. The molecule has 1 heterocycles. The van der Waals surface area contributed by atoms with Crippen LogP contribution in [0, 0.1) is 6.92 Å². The van der Waals surface area contributed by atoms with Gasteiger partial charge in [0.1, 0.15) is 11.5 Å². The first-order valence-corrected chi connectivity index (χ1v) is 8.50. The molecule has 0 bridgehead atoms. The van der Waals surface area contributed by atoms with Gasteiger partial charge in [0.25, 0.3) is 5.91 Å². The minimum atomic E-state index is -0.331. The molecule has 0 saturated heterocycles. The fraction of sp³-hybridized carbons (Fsp3) is 0.0526. The molecule has 2 N–H and O–H groups in total. The van der Waals surface area contributed by atoms with Crippen molar-refractivity contribution >= 4 is 46.1 Å². The molecule has 0 radical (unpaired) electrons. The molecule has 0 spiro atoms. The van der Waals surface area contributed by atoms with E-state index in [1.165, 1.54) is 0 Å². The lowest BCUT2D eigenvalue weighted by atomic mass is 10.1. The number of anilines is 2. The minimum Gasteiger partial charge on any atom is -0.361 e. The third-order valence-corrected chi connectivity index (χ3v) is 3.98. The number of carbonyl (C=O) groups excluding carboxylic acids is 1. The van der Waals surface area contributed by atoms with Gasteiger partial charge in [-0.15, -0.1) is 0 Å². The normalized spacial score (nSPS) is 11.3. The molecule has 0 atom stereocenters. The van der Waals surface area contributed by atoms with Crippen molar-refractivity contribution in [3.05, 3.63) is 82.3 Å². The zero-order valence-corrected chi connectivity index (χ0v) is 15.3. The van der Waals surface area contributed by atoms with Gasteiger partial charge in [-0.1, -0.05) is 28.4 Å². The van der Waals surface area contributed by atoms with Crippen molar-refractivity contribution in [2.45, 2.75) is 6.92 Å². The van der Waals surface area contributed by atoms with E-state index < -0.39 is 0 Å². The van der Waals surface area contributed by atoms with Crippen molar-refractivity contribution in [2.75, 3.05) is 10.6 Å². The Morgan fingerprint density at radius 1 is 1.00 bits per heavy atom. The Kier molecular flexibility index (Phi) is 5.61. The average molecular weight is 388 g/mol. The lowest BCUT2D eigenvalue weighted by Gasteiger charge is -2.08. The summed E-state index contributed by atoms with van der Waals surface area (Å²) in [6.45, 7) is 1.76. The van der Waals surface area contributed by atoms with Gasteiger partial charge in [-0.25, -0.2) is 0 Å². The number of amides is 1. The molecule has 132 valence electrons. The lowest BCUT2D eigenvalue weighted by Crippen LogP contribution is -2.15. The van der Waals surface area contributed by atoms with Gasteiger partial charge in [-0.05, 0) is 55.5 Å². The van der Waals surface area contributed by atoms with E-state index in [4.69, 9.17) is 27.7 Å². The summed E-state index contributed by atoms with van der Waals surface area (Å²) in [5.74, 6) is 0.277. The van der Waals surface area contributed by atoms with Crippen LogP contribution in [0.3, 0.4) is 0 Å². The first-order chi connectivity index (χ1) is 12.5. The molecule has 0 aliphatic rings. The zero-order valence-electron chi connectivity index (χ0n) is 13.8. The van der Waals surface area contributed by atoms with E-state index in [9.17, 15) is 4.79 Å². The highest BCUT2D eigenvalue weighted by Gasteiger charge is 2.16. The van der Waals surface area contributed by atoms with Crippen LogP contribution in [0.15, 0.2) is 65.3 Å². The fourth-order valence-corrected chi connectivity index (χ4v) is 2.43. The van der Waals surface area contributed by atoms with Crippen LogP contribution in [0.1, 0.15) is 11.5 Å². The number of hydrogen-bond acceptors (Lipinski definition) is 4. The van der Waals surface area contributed by atoms with Crippen molar-refractivity contribution in [2.24, 2.45) is 0 Å². The van der Waals surface area contributed by atoms with Crippen molar-refractivity contribution in [1.29, 1.82) is 0 Å². The quantitative estimate of drug-likeness (QED) is 0.576. The third kappa shape index (κ3) is 4.65. The second kappa shape index (κ2) is 8.08. The summed E-state index contributed by atoms with van der Waals surface area (Å²) >= 11 is 11.8. The SMILES string of the molecule is Cc1cc(/C(=C/Nc2ccc(Cl)cc2)C(=O)Nc2ccc(Cl)cc2)no1. The Morgan fingerprint density at radius 2 is 1.58 bits per heavy atom. The van der Waals surface area contributed by atoms with Crippen LogP contribution in [0.5, 0.6) is 0 Å². The first kappa shape index (κ1) is 18.0. The highest BCUT2D eigenvalue weighted by molar-refractivity contribution is 6.31. The first-order valence-electron chi connectivity index (χ1n) is 7.74. The van der Waals surface area contributed by atoms with Gasteiger partial charge in [0.05, 0.1) is 5.57 Å². The second-order valence-electron chi connectivity index (χ2n) is 5.49. The molecule has 1 aromatic heterocycles. The van der Waals surface area contributed by atoms with E-state index in [2.05, 4.69) is 15.8 Å². The van der Waals surface area contributed by atoms with E-state index in [-0.39, 0.29) is 5.91 Å². The molecule has 1 amide bonds. The van der Waals surface area contributed by atoms with Crippen molar-refractivity contribution in [1.82, 2.24) is 5.16 Å². The molecular weight excluding hydrogens is 373 g/mol. The number of benzene rings is 2. The standard InChI is InChI=1S/C19H15Cl2N3O2/c1-12-10-18(24-26-12)17(11-22-15-6-2-13(20)3-7-15)19(25)23-16-8-4-14(21)5-9-16/h2-11,22H,1H3,(H,23,25)/b17-11-. The number of halogens is 2. The van der Waals surface area contributed by atoms with Crippen LogP contribution in [-0.2, 0) is 4.79 Å². The number of aromatic nitrogens is 1. The molecule has 5 nitrogen and oxygen atoms in total. The van der Waals surface area contributed by atoms with E-state index in [0.29, 0.717) is 32.8 Å². The van der Waals surface area contributed by atoms with E-state index in [1.54, 1.807) is 55.6 Å². The monoisotopic (exact) mass is 387 g/mol. The summed E-state index contributed by atoms with van der Waals surface area (Å²) in [5.41, 5.74) is 2.16. The van der Waals surface area contributed by atoms with Gasteiger partial charge in [0.15, 0.2) is 0 Å². The molecule has 3 aromatic rings.